The van der Waals surface area contributed by atoms with Gasteiger partial charge in [0.2, 0.25) is 0 Å². The van der Waals surface area contributed by atoms with E-state index in [2.05, 4.69) is 10.5 Å². The molecule has 0 saturated heterocycles. The van der Waals surface area contributed by atoms with Crippen LogP contribution in [0.25, 0.3) is 10.1 Å². The summed E-state index contributed by atoms with van der Waals surface area (Å²) in [5.74, 6) is -1.29. The predicted molar refractivity (Wildman–Crippen MR) is 93.2 cm³/mol. The molecule has 0 bridgehead atoms. The zero-order valence-electron chi connectivity index (χ0n) is 13.1. The van der Waals surface area contributed by atoms with E-state index >= 15 is 0 Å². The molecule has 0 radical (unpaired) electrons. The molecule has 122 valence electrons. The number of hydrazone groups is 1. The number of amides is 1. The maximum Gasteiger partial charge on any atom is 0.314 e. The summed E-state index contributed by atoms with van der Waals surface area (Å²) in [5, 5.41) is 5.23. The minimum absolute atomic E-state index is 0.306. The topological polar surface area (TPSA) is 67.8 Å². The van der Waals surface area contributed by atoms with Crippen LogP contribution in [0.5, 0.6) is 0 Å². The smallest absolute Gasteiger partial charge is 0.314 e. The summed E-state index contributed by atoms with van der Waals surface area (Å²) in [6.07, 6.45) is 0. The van der Waals surface area contributed by atoms with Gasteiger partial charge in [-0.3, -0.25) is 9.59 Å². The van der Waals surface area contributed by atoms with Gasteiger partial charge >= 0.3 is 5.97 Å². The van der Waals surface area contributed by atoms with Gasteiger partial charge in [-0.15, -0.1) is 11.3 Å². The lowest BCUT2D eigenvalue weighted by Crippen LogP contribution is -2.25. The highest BCUT2D eigenvalue weighted by Crippen LogP contribution is 2.34. The van der Waals surface area contributed by atoms with E-state index in [4.69, 9.17) is 16.3 Å². The molecular formula is C16H17ClN2O3S. The van der Waals surface area contributed by atoms with Gasteiger partial charge in [-0.2, -0.15) is 5.10 Å². The van der Waals surface area contributed by atoms with Gasteiger partial charge in [0, 0.05) is 15.8 Å². The number of rotatable bonds is 5. The van der Waals surface area contributed by atoms with Gasteiger partial charge in [-0.1, -0.05) is 29.8 Å². The van der Waals surface area contributed by atoms with E-state index in [0.717, 1.165) is 10.1 Å². The highest BCUT2D eigenvalue weighted by atomic mass is 35.5. The molecule has 1 N–H and O–H groups in total. The molecule has 1 aromatic carbocycles. The average molecular weight is 353 g/mol. The van der Waals surface area contributed by atoms with Gasteiger partial charge in [0.05, 0.1) is 17.5 Å². The molecule has 23 heavy (non-hydrogen) atoms. The van der Waals surface area contributed by atoms with Crippen molar-refractivity contribution >= 4 is 50.6 Å². The Morgan fingerprint density at radius 1 is 1.39 bits per heavy atom. The first-order chi connectivity index (χ1) is 11.0. The number of hydrogen-bond acceptors (Lipinski definition) is 5. The third kappa shape index (κ3) is 3.89. The quantitative estimate of drug-likeness (QED) is 0.504. The summed E-state index contributed by atoms with van der Waals surface area (Å²) >= 11 is 7.55. The second-order valence-corrected chi connectivity index (χ2v) is 6.34. The predicted octanol–water partition coefficient (Wildman–Crippen LogP) is 3.86. The van der Waals surface area contributed by atoms with Gasteiger partial charge < -0.3 is 4.74 Å². The van der Waals surface area contributed by atoms with E-state index in [1.54, 1.807) is 20.8 Å². The summed E-state index contributed by atoms with van der Waals surface area (Å²) in [5.41, 5.74) is 2.91. The van der Waals surface area contributed by atoms with Crippen molar-refractivity contribution in [1.29, 1.82) is 0 Å². The number of thiophene rings is 1. The first-order valence-electron chi connectivity index (χ1n) is 7.13. The number of hydrogen-bond donors (Lipinski definition) is 1. The summed E-state index contributed by atoms with van der Waals surface area (Å²) in [6, 6.07) is 7.52. The number of benzene rings is 1. The third-order valence-corrected chi connectivity index (χ3v) is 5.02. The molecule has 2 rings (SSSR count). The second kappa shape index (κ2) is 7.57. The standard InChI is InChI=1S/C16H17ClN2O3S/c1-4-22-16(21)9(2)10(3)18-19-15(20)14-13(17)11-7-5-6-8-12(11)23-14/h5-9H,4H2,1-3H3,(H,19,20)/t9-/m0/s1. The molecule has 1 heterocycles. The molecular weight excluding hydrogens is 336 g/mol. The summed E-state index contributed by atoms with van der Waals surface area (Å²) in [6.45, 7) is 5.38. The van der Waals surface area contributed by atoms with Gasteiger partial charge in [-0.05, 0) is 26.8 Å². The second-order valence-electron chi connectivity index (χ2n) is 4.91. The van der Waals surface area contributed by atoms with E-state index in [1.165, 1.54) is 11.3 Å². The number of nitrogens with zero attached hydrogens (tertiary/aromatic N) is 1. The van der Waals surface area contributed by atoms with Gasteiger partial charge in [0.1, 0.15) is 4.88 Å². The zero-order chi connectivity index (χ0) is 17.0. The van der Waals surface area contributed by atoms with E-state index in [0.29, 0.717) is 22.2 Å². The fourth-order valence-electron chi connectivity index (χ4n) is 1.88. The van der Waals surface area contributed by atoms with Crippen molar-refractivity contribution in [2.24, 2.45) is 11.0 Å². The Labute approximate surface area is 143 Å². The van der Waals surface area contributed by atoms with Crippen molar-refractivity contribution in [2.75, 3.05) is 6.61 Å². The SMILES string of the molecule is CCOC(=O)[C@@H](C)C(C)=NNC(=O)c1sc2ccccc2c1Cl. The first kappa shape index (κ1) is 17.4. The lowest BCUT2D eigenvalue weighted by Gasteiger charge is -2.09. The van der Waals surface area contributed by atoms with Crippen LogP contribution in [0.2, 0.25) is 5.02 Å². The normalized spacial score (nSPS) is 13.0. The third-order valence-electron chi connectivity index (χ3n) is 3.34. The number of nitrogens with one attached hydrogen (secondary N) is 1. The Morgan fingerprint density at radius 3 is 2.74 bits per heavy atom. The minimum Gasteiger partial charge on any atom is -0.465 e. The Morgan fingerprint density at radius 2 is 2.09 bits per heavy atom. The lowest BCUT2D eigenvalue weighted by atomic mass is 10.1. The fraction of sp³-hybridized carbons (Fsp3) is 0.312. The minimum atomic E-state index is -0.520. The zero-order valence-corrected chi connectivity index (χ0v) is 14.6. The Bertz CT molecular complexity index is 770. The molecule has 1 aromatic heterocycles. The summed E-state index contributed by atoms with van der Waals surface area (Å²) in [4.78, 5) is 24.3. The molecule has 2 aromatic rings. The molecule has 0 unspecified atom stereocenters. The number of carbonyl (C=O) groups excluding carboxylic acids is 2. The van der Waals surface area contributed by atoms with Crippen molar-refractivity contribution in [1.82, 2.24) is 5.43 Å². The Kier molecular flexibility index (Phi) is 5.74. The van der Waals surface area contributed by atoms with Crippen LogP contribution in [0.15, 0.2) is 29.4 Å². The Hall–Kier alpha value is -1.92. The van der Waals surface area contributed by atoms with Crippen LogP contribution < -0.4 is 5.43 Å². The van der Waals surface area contributed by atoms with Crippen LogP contribution in [0, 0.1) is 5.92 Å². The first-order valence-corrected chi connectivity index (χ1v) is 8.33. The van der Waals surface area contributed by atoms with Crippen LogP contribution in [0.4, 0.5) is 0 Å². The van der Waals surface area contributed by atoms with Crippen LogP contribution in [-0.4, -0.2) is 24.2 Å². The molecule has 0 aliphatic carbocycles. The van der Waals surface area contributed by atoms with Crippen LogP contribution in [-0.2, 0) is 9.53 Å². The number of halogens is 1. The monoisotopic (exact) mass is 352 g/mol. The highest BCUT2D eigenvalue weighted by molar-refractivity contribution is 7.21. The van der Waals surface area contributed by atoms with E-state index in [-0.39, 0.29) is 5.97 Å². The number of esters is 1. The van der Waals surface area contributed by atoms with Crippen molar-refractivity contribution in [3.8, 4) is 0 Å². The van der Waals surface area contributed by atoms with Crippen molar-refractivity contribution in [2.45, 2.75) is 20.8 Å². The van der Waals surface area contributed by atoms with Gasteiger partial charge in [0.25, 0.3) is 5.91 Å². The number of ether oxygens (including phenoxy) is 1. The van der Waals surface area contributed by atoms with Crippen molar-refractivity contribution < 1.29 is 14.3 Å². The Balaban J connectivity index is 2.13. The molecule has 0 saturated carbocycles. The average Bonchev–Trinajstić information content (AvgIpc) is 2.89. The van der Waals surface area contributed by atoms with Crippen LogP contribution >= 0.6 is 22.9 Å². The fourth-order valence-corrected chi connectivity index (χ4v) is 3.29. The maximum absolute atomic E-state index is 12.2. The van der Waals surface area contributed by atoms with Crippen molar-refractivity contribution in [3.63, 3.8) is 0 Å². The molecule has 7 heteroatoms. The van der Waals surface area contributed by atoms with Gasteiger partial charge in [0.15, 0.2) is 0 Å². The number of carbonyl (C=O) groups is 2. The van der Waals surface area contributed by atoms with E-state index in [1.807, 2.05) is 24.3 Å². The molecule has 0 spiro atoms. The van der Waals surface area contributed by atoms with Crippen LogP contribution in [0.1, 0.15) is 30.4 Å². The van der Waals surface area contributed by atoms with Gasteiger partial charge in [-0.25, -0.2) is 5.43 Å². The van der Waals surface area contributed by atoms with Crippen LogP contribution in [0.3, 0.4) is 0 Å². The largest absolute Gasteiger partial charge is 0.465 e. The summed E-state index contributed by atoms with van der Waals surface area (Å²) < 4.78 is 5.86. The maximum atomic E-state index is 12.2. The highest BCUT2D eigenvalue weighted by Gasteiger charge is 2.19. The molecule has 5 nitrogen and oxygen atoms in total. The lowest BCUT2D eigenvalue weighted by molar-refractivity contribution is -0.145. The summed E-state index contributed by atoms with van der Waals surface area (Å²) in [7, 11) is 0. The molecule has 0 aliphatic heterocycles. The molecule has 1 atom stereocenters. The van der Waals surface area contributed by atoms with E-state index in [9.17, 15) is 9.59 Å². The molecule has 0 fully saturated rings. The molecule has 0 aliphatic rings. The number of fused-ring (bicyclic) bond motifs is 1. The molecule has 1 amide bonds. The van der Waals surface area contributed by atoms with E-state index < -0.39 is 11.8 Å². The van der Waals surface area contributed by atoms with Crippen molar-refractivity contribution in [3.05, 3.63) is 34.2 Å².